The first-order valence-corrected chi connectivity index (χ1v) is 5.75. The maximum Gasteiger partial charge on any atom is 0.407 e. The summed E-state index contributed by atoms with van der Waals surface area (Å²) in [5.74, 6) is 0.447. The third kappa shape index (κ3) is 2.51. The van der Waals surface area contributed by atoms with Crippen LogP contribution in [0.2, 0.25) is 0 Å². The highest BCUT2D eigenvalue weighted by molar-refractivity contribution is 5.65. The third-order valence-corrected chi connectivity index (χ3v) is 2.68. The summed E-state index contributed by atoms with van der Waals surface area (Å²) in [5, 5.41) is 21.8. The smallest absolute Gasteiger partial charge is 0.407 e. The Labute approximate surface area is 104 Å². The topological polar surface area (TPSA) is 98.6 Å². The van der Waals surface area contributed by atoms with Crippen LogP contribution in [0.15, 0.2) is 6.20 Å². The first-order valence-electron chi connectivity index (χ1n) is 5.75. The normalized spacial score (nSPS) is 18.7. The van der Waals surface area contributed by atoms with E-state index in [1.807, 2.05) is 13.8 Å². The summed E-state index contributed by atoms with van der Waals surface area (Å²) in [7, 11) is 0. The molecule has 1 amide bonds. The number of fused-ring (bicyclic) bond motifs is 1. The molecule has 7 nitrogen and oxygen atoms in total. The van der Waals surface area contributed by atoms with Crippen molar-refractivity contribution in [1.29, 1.82) is 0 Å². The first-order chi connectivity index (χ1) is 8.47. The molecule has 7 heteroatoms. The number of aromatic nitrogens is 2. The molecule has 2 heterocycles. The number of carboxylic acid groups (broad SMARTS) is 1. The Morgan fingerprint density at radius 2 is 2.33 bits per heavy atom. The summed E-state index contributed by atoms with van der Waals surface area (Å²) in [6, 6.07) is 0.187. The molecule has 98 valence electrons. The van der Waals surface area contributed by atoms with Gasteiger partial charge in [-0.25, -0.2) is 14.8 Å². The van der Waals surface area contributed by atoms with Crippen molar-refractivity contribution in [2.75, 3.05) is 11.9 Å². The zero-order chi connectivity index (χ0) is 13.3. The van der Waals surface area contributed by atoms with Gasteiger partial charge in [0.05, 0.1) is 18.8 Å². The van der Waals surface area contributed by atoms with Gasteiger partial charge in [-0.2, -0.15) is 0 Å². The molecule has 3 N–H and O–H groups in total. The van der Waals surface area contributed by atoms with E-state index in [-0.39, 0.29) is 19.1 Å². The van der Waals surface area contributed by atoms with Gasteiger partial charge in [0.15, 0.2) is 0 Å². The Kier molecular flexibility index (Phi) is 3.33. The van der Waals surface area contributed by atoms with Gasteiger partial charge < -0.3 is 15.5 Å². The number of hydrogen-bond acceptors (Lipinski definition) is 5. The second kappa shape index (κ2) is 4.77. The maximum atomic E-state index is 10.9. The van der Waals surface area contributed by atoms with E-state index in [4.69, 9.17) is 5.11 Å². The molecule has 0 aromatic carbocycles. The summed E-state index contributed by atoms with van der Waals surface area (Å²) < 4.78 is 0. The van der Waals surface area contributed by atoms with Gasteiger partial charge in [0.1, 0.15) is 6.10 Å². The average Bonchev–Trinajstić information content (AvgIpc) is 2.27. The van der Waals surface area contributed by atoms with Crippen molar-refractivity contribution < 1.29 is 15.0 Å². The number of rotatable bonds is 2. The molecule has 1 atom stereocenters. The van der Waals surface area contributed by atoms with E-state index < -0.39 is 12.2 Å². The molecule has 1 aliphatic heterocycles. The number of carbonyl (C=O) groups is 1. The highest BCUT2D eigenvalue weighted by Gasteiger charge is 2.28. The molecule has 2 rings (SSSR count). The molecule has 0 aliphatic carbocycles. The maximum absolute atomic E-state index is 10.9. The summed E-state index contributed by atoms with van der Waals surface area (Å²) >= 11 is 0. The van der Waals surface area contributed by atoms with Crippen LogP contribution >= 0.6 is 0 Å². The van der Waals surface area contributed by atoms with E-state index in [0.29, 0.717) is 17.2 Å². The highest BCUT2D eigenvalue weighted by Crippen LogP contribution is 2.25. The summed E-state index contributed by atoms with van der Waals surface area (Å²) in [6.45, 7) is 4.15. The van der Waals surface area contributed by atoms with Crippen molar-refractivity contribution >= 4 is 12.0 Å². The summed E-state index contributed by atoms with van der Waals surface area (Å²) in [4.78, 5) is 20.4. The molecule has 0 saturated heterocycles. The van der Waals surface area contributed by atoms with Crippen LogP contribution in [0.5, 0.6) is 0 Å². The average molecular weight is 252 g/mol. The molecule has 18 heavy (non-hydrogen) atoms. The van der Waals surface area contributed by atoms with Crippen molar-refractivity contribution in [2.24, 2.45) is 0 Å². The predicted octanol–water partition coefficient (Wildman–Crippen LogP) is 0.824. The number of anilines is 1. The van der Waals surface area contributed by atoms with Crippen molar-refractivity contribution in [3.8, 4) is 0 Å². The van der Waals surface area contributed by atoms with Crippen LogP contribution in [0, 0.1) is 0 Å². The fourth-order valence-electron chi connectivity index (χ4n) is 1.86. The number of hydrogen-bond donors (Lipinski definition) is 3. The number of aliphatic hydroxyl groups excluding tert-OH is 1. The van der Waals surface area contributed by atoms with E-state index in [9.17, 15) is 9.90 Å². The molecule has 1 aliphatic rings. The second-order valence-electron chi connectivity index (χ2n) is 4.57. The third-order valence-electron chi connectivity index (χ3n) is 2.68. The number of nitrogens with zero attached hydrogens (tertiary/aromatic N) is 3. The van der Waals surface area contributed by atoms with Crippen LogP contribution in [-0.2, 0) is 6.54 Å². The van der Waals surface area contributed by atoms with Gasteiger partial charge in [-0.05, 0) is 13.8 Å². The predicted molar refractivity (Wildman–Crippen MR) is 64.2 cm³/mol. The molecular weight excluding hydrogens is 236 g/mol. The molecule has 0 spiro atoms. The van der Waals surface area contributed by atoms with Crippen molar-refractivity contribution in [3.05, 3.63) is 17.5 Å². The molecule has 0 saturated carbocycles. The number of amides is 1. The van der Waals surface area contributed by atoms with E-state index in [1.165, 1.54) is 0 Å². The van der Waals surface area contributed by atoms with Gasteiger partial charge in [0.25, 0.3) is 0 Å². The highest BCUT2D eigenvalue weighted by atomic mass is 16.4. The Morgan fingerprint density at radius 1 is 1.61 bits per heavy atom. The standard InChI is InChI=1S/C11H16N4O3/c1-6(2)13-10-12-3-7-8(14-10)4-15(11(17)18)5-9(7)16/h3,6,9,16H,4-5H2,1-2H3,(H,17,18)(H,12,13,14). The van der Waals surface area contributed by atoms with E-state index in [2.05, 4.69) is 15.3 Å². The largest absolute Gasteiger partial charge is 0.465 e. The van der Waals surface area contributed by atoms with Crippen LogP contribution in [0.1, 0.15) is 31.2 Å². The van der Waals surface area contributed by atoms with Crippen molar-refractivity contribution in [1.82, 2.24) is 14.9 Å². The Morgan fingerprint density at radius 3 is 2.94 bits per heavy atom. The fraction of sp³-hybridized carbons (Fsp3) is 0.545. The Bertz CT molecular complexity index is 464. The summed E-state index contributed by atoms with van der Waals surface area (Å²) in [6.07, 6.45) is -0.369. The van der Waals surface area contributed by atoms with Crippen LogP contribution in [0.3, 0.4) is 0 Å². The lowest BCUT2D eigenvalue weighted by molar-refractivity contribution is 0.0802. The summed E-state index contributed by atoms with van der Waals surface area (Å²) in [5.41, 5.74) is 1.15. The lowest BCUT2D eigenvalue weighted by Gasteiger charge is -2.29. The van der Waals surface area contributed by atoms with Gasteiger partial charge in [-0.1, -0.05) is 0 Å². The monoisotopic (exact) mass is 252 g/mol. The van der Waals surface area contributed by atoms with Crippen LogP contribution in [0.4, 0.5) is 10.7 Å². The van der Waals surface area contributed by atoms with Gasteiger partial charge in [0, 0.05) is 17.8 Å². The Balaban J connectivity index is 2.28. The van der Waals surface area contributed by atoms with E-state index >= 15 is 0 Å². The van der Waals surface area contributed by atoms with E-state index in [1.54, 1.807) is 6.20 Å². The molecule has 1 aromatic heterocycles. The van der Waals surface area contributed by atoms with Crippen LogP contribution in [-0.4, -0.2) is 43.8 Å². The zero-order valence-electron chi connectivity index (χ0n) is 10.3. The molecule has 0 bridgehead atoms. The number of β-amino-alcohol motifs (C(OH)–C–C–N with tert-alkyl or cyclic N) is 1. The first kappa shape index (κ1) is 12.6. The van der Waals surface area contributed by atoms with Gasteiger partial charge in [-0.15, -0.1) is 0 Å². The minimum Gasteiger partial charge on any atom is -0.465 e. The van der Waals surface area contributed by atoms with Crippen molar-refractivity contribution in [2.45, 2.75) is 32.5 Å². The lowest BCUT2D eigenvalue weighted by Crippen LogP contribution is -2.38. The molecule has 1 unspecified atom stereocenters. The zero-order valence-corrected chi connectivity index (χ0v) is 10.3. The van der Waals surface area contributed by atoms with Gasteiger partial charge in [-0.3, -0.25) is 4.90 Å². The lowest BCUT2D eigenvalue weighted by atomic mass is 10.0. The molecule has 0 radical (unpaired) electrons. The minimum absolute atomic E-state index is 0.0582. The second-order valence-corrected chi connectivity index (χ2v) is 4.57. The minimum atomic E-state index is -1.06. The fourth-order valence-corrected chi connectivity index (χ4v) is 1.86. The van der Waals surface area contributed by atoms with Gasteiger partial charge in [0.2, 0.25) is 5.95 Å². The van der Waals surface area contributed by atoms with E-state index in [0.717, 1.165) is 4.90 Å². The number of nitrogens with one attached hydrogen (secondary N) is 1. The molecule has 0 fully saturated rings. The SMILES string of the molecule is CC(C)Nc1ncc2c(n1)CN(C(=O)O)CC2O. The van der Waals surface area contributed by atoms with Crippen LogP contribution < -0.4 is 5.32 Å². The quantitative estimate of drug-likeness (QED) is 0.721. The van der Waals surface area contributed by atoms with Crippen molar-refractivity contribution in [3.63, 3.8) is 0 Å². The van der Waals surface area contributed by atoms with Gasteiger partial charge >= 0.3 is 6.09 Å². The molecular formula is C11H16N4O3. The number of aliphatic hydroxyl groups is 1. The molecule has 1 aromatic rings. The van der Waals surface area contributed by atoms with Crippen LogP contribution in [0.25, 0.3) is 0 Å². The Hall–Kier alpha value is -1.89.